The van der Waals surface area contributed by atoms with Gasteiger partial charge >= 0.3 is 0 Å². The second-order valence-corrected chi connectivity index (χ2v) is 7.43. The molecule has 2 aromatic rings. The Kier molecular flexibility index (Phi) is 4.47. The molecule has 30 heavy (non-hydrogen) atoms. The van der Waals surface area contributed by atoms with E-state index in [1.165, 1.54) is 0 Å². The second kappa shape index (κ2) is 7.30. The van der Waals surface area contributed by atoms with Crippen LogP contribution in [-0.4, -0.2) is 30.1 Å². The van der Waals surface area contributed by atoms with E-state index in [2.05, 4.69) is 22.1 Å². The fraction of sp³-hybridized carbons (Fsp3) is 0.160. The number of carbonyl (C=O) groups excluding carboxylic acids is 1. The highest BCUT2D eigenvalue weighted by Crippen LogP contribution is 2.38. The van der Waals surface area contributed by atoms with Crippen molar-refractivity contribution < 1.29 is 14.3 Å². The van der Waals surface area contributed by atoms with E-state index in [0.717, 1.165) is 33.5 Å². The summed E-state index contributed by atoms with van der Waals surface area (Å²) in [5.74, 6) is 0.769. The van der Waals surface area contributed by atoms with Crippen molar-refractivity contribution >= 4 is 17.4 Å². The smallest absolute Gasteiger partial charge is 0.201 e. The molecular weight excluding hydrogens is 376 g/mol. The van der Waals surface area contributed by atoms with Crippen molar-refractivity contribution in [3.63, 3.8) is 0 Å². The van der Waals surface area contributed by atoms with E-state index in [1.54, 1.807) is 19.5 Å². The van der Waals surface area contributed by atoms with Gasteiger partial charge < -0.3 is 14.8 Å². The van der Waals surface area contributed by atoms with Gasteiger partial charge in [-0.3, -0.25) is 9.78 Å². The number of hydrogen-bond acceptors (Lipinski definition) is 5. The van der Waals surface area contributed by atoms with Crippen LogP contribution in [0.2, 0.25) is 0 Å². The Morgan fingerprint density at radius 3 is 3.03 bits per heavy atom. The molecular formula is C25H20N2O3. The number of aromatic nitrogens is 1. The zero-order chi connectivity index (χ0) is 20.6. The molecule has 148 valence electrons. The third-order valence-corrected chi connectivity index (χ3v) is 5.42. The van der Waals surface area contributed by atoms with Gasteiger partial charge in [0.1, 0.15) is 5.75 Å². The Morgan fingerprint density at radius 2 is 2.20 bits per heavy atom. The van der Waals surface area contributed by atoms with E-state index >= 15 is 0 Å². The van der Waals surface area contributed by atoms with Crippen molar-refractivity contribution in [1.82, 2.24) is 10.3 Å². The molecule has 1 fully saturated rings. The fourth-order valence-electron chi connectivity index (χ4n) is 3.60. The Labute approximate surface area is 174 Å². The second-order valence-electron chi connectivity index (χ2n) is 7.43. The number of epoxide rings is 1. The minimum atomic E-state index is -0.687. The first-order chi connectivity index (χ1) is 14.7. The van der Waals surface area contributed by atoms with E-state index < -0.39 is 5.60 Å². The third-order valence-electron chi connectivity index (χ3n) is 5.42. The van der Waals surface area contributed by atoms with Crippen molar-refractivity contribution in [1.29, 1.82) is 0 Å². The summed E-state index contributed by atoms with van der Waals surface area (Å²) in [7, 11) is 1.63. The van der Waals surface area contributed by atoms with Crippen LogP contribution in [0.5, 0.6) is 5.75 Å². The number of ether oxygens (including phenoxy) is 2. The zero-order valence-corrected chi connectivity index (χ0v) is 16.5. The van der Waals surface area contributed by atoms with Crippen LogP contribution < -0.4 is 10.1 Å². The van der Waals surface area contributed by atoms with Gasteiger partial charge in [-0.1, -0.05) is 18.2 Å². The summed E-state index contributed by atoms with van der Waals surface area (Å²) in [4.78, 5) is 16.8. The molecule has 1 aromatic carbocycles. The monoisotopic (exact) mass is 396 g/mol. The maximum atomic E-state index is 12.5. The van der Waals surface area contributed by atoms with Crippen molar-refractivity contribution in [2.45, 2.75) is 12.1 Å². The lowest BCUT2D eigenvalue weighted by Gasteiger charge is -2.16. The average molecular weight is 396 g/mol. The molecule has 1 saturated heterocycles. The van der Waals surface area contributed by atoms with E-state index in [0.29, 0.717) is 18.9 Å². The quantitative estimate of drug-likeness (QED) is 0.614. The Hall–Kier alpha value is -3.66. The number of allylic oxidation sites excluding steroid dienone is 4. The number of nitrogens with one attached hydrogen (secondary N) is 1. The Bertz CT molecular complexity index is 1190. The number of fused-ring (bicyclic) bond motifs is 1. The molecule has 1 aliphatic heterocycles. The molecule has 1 atom stereocenters. The van der Waals surface area contributed by atoms with Gasteiger partial charge in [-0.25, -0.2) is 0 Å². The van der Waals surface area contributed by atoms with Crippen molar-refractivity contribution in [2.24, 2.45) is 0 Å². The van der Waals surface area contributed by atoms with Gasteiger partial charge in [0.25, 0.3) is 0 Å². The van der Waals surface area contributed by atoms with Crippen LogP contribution in [0.25, 0.3) is 11.6 Å². The van der Waals surface area contributed by atoms with Gasteiger partial charge in [-0.05, 0) is 59.2 Å². The molecule has 0 radical (unpaired) electrons. The number of nitrogens with zero attached hydrogens (tertiary/aromatic N) is 1. The van der Waals surface area contributed by atoms with Crippen LogP contribution in [0.4, 0.5) is 0 Å². The molecule has 2 aliphatic carbocycles. The van der Waals surface area contributed by atoms with Gasteiger partial charge in [-0.15, -0.1) is 5.73 Å². The molecule has 5 rings (SSSR count). The van der Waals surface area contributed by atoms with E-state index in [4.69, 9.17) is 9.47 Å². The molecule has 1 N–H and O–H groups in total. The minimum Gasteiger partial charge on any atom is -0.495 e. The molecule has 0 bridgehead atoms. The number of hydrogen-bond donors (Lipinski definition) is 1. The minimum absolute atomic E-state index is 0.0571. The van der Waals surface area contributed by atoms with Crippen molar-refractivity contribution in [3.05, 3.63) is 101 Å². The van der Waals surface area contributed by atoms with Crippen LogP contribution in [0.15, 0.2) is 78.5 Å². The largest absolute Gasteiger partial charge is 0.495 e. The molecule has 1 aromatic heterocycles. The lowest BCUT2D eigenvalue weighted by molar-refractivity contribution is 0.0907. The predicted molar refractivity (Wildman–Crippen MR) is 115 cm³/mol. The Morgan fingerprint density at radius 1 is 1.30 bits per heavy atom. The number of ketones is 1. The number of methoxy groups -OCH3 is 1. The maximum Gasteiger partial charge on any atom is 0.201 e. The number of carbonyl (C=O) groups is 1. The highest BCUT2D eigenvalue weighted by atomic mass is 16.6. The standard InChI is InChI=1S/C25H20N2O3/c1-29-22-12-20(14-26-15-22)18-4-2-3-5-21(11-18)27-13-17-6-7-23-19(10-17)8-9-25(16-30-25)24(23)28/h3-12,14-15,27H,13,16H2,1H3. The summed E-state index contributed by atoms with van der Waals surface area (Å²) < 4.78 is 10.6. The SMILES string of the molecule is COc1cncc(C2=CC(NCc3ccc4c(c3)C=CC3(CO3)C4=O)=CC=C=C2)c1. The summed E-state index contributed by atoms with van der Waals surface area (Å²) in [5, 5.41) is 3.46. The lowest BCUT2D eigenvalue weighted by atomic mass is 9.87. The molecule has 1 spiro atoms. The van der Waals surface area contributed by atoms with E-state index in [9.17, 15) is 4.79 Å². The molecule has 0 amide bonds. The van der Waals surface area contributed by atoms with Gasteiger partial charge in [0.05, 0.1) is 19.9 Å². The van der Waals surface area contributed by atoms with Crippen LogP contribution in [-0.2, 0) is 11.3 Å². The molecule has 5 heteroatoms. The highest BCUT2D eigenvalue weighted by molar-refractivity contribution is 6.10. The average Bonchev–Trinajstić information content (AvgIpc) is 3.59. The molecule has 3 aliphatic rings. The van der Waals surface area contributed by atoms with Crippen LogP contribution in [0.3, 0.4) is 0 Å². The number of pyridine rings is 1. The van der Waals surface area contributed by atoms with Crippen molar-refractivity contribution in [2.75, 3.05) is 13.7 Å². The van der Waals surface area contributed by atoms with Crippen molar-refractivity contribution in [3.8, 4) is 5.75 Å². The third kappa shape index (κ3) is 3.41. The normalized spacial score (nSPS) is 21.0. The molecule has 0 saturated carbocycles. The fourth-order valence-corrected chi connectivity index (χ4v) is 3.60. The summed E-state index contributed by atoms with van der Waals surface area (Å²) in [5.41, 5.74) is 8.14. The van der Waals surface area contributed by atoms with Gasteiger partial charge in [0.15, 0.2) is 5.60 Å². The summed E-state index contributed by atoms with van der Waals surface area (Å²) in [6, 6.07) is 7.88. The lowest BCUT2D eigenvalue weighted by Crippen LogP contribution is -2.25. The van der Waals surface area contributed by atoms with E-state index in [1.807, 2.05) is 54.6 Å². The number of benzene rings is 1. The van der Waals surface area contributed by atoms with Gasteiger partial charge in [0.2, 0.25) is 5.78 Å². The molecule has 5 nitrogen and oxygen atoms in total. The van der Waals surface area contributed by atoms with Gasteiger partial charge in [-0.2, -0.15) is 0 Å². The van der Waals surface area contributed by atoms with Crippen LogP contribution >= 0.6 is 0 Å². The topological polar surface area (TPSA) is 63.8 Å². The summed E-state index contributed by atoms with van der Waals surface area (Å²) in [6.45, 7) is 1.12. The summed E-state index contributed by atoms with van der Waals surface area (Å²) >= 11 is 0. The first-order valence-electron chi connectivity index (χ1n) is 9.76. The maximum absolute atomic E-state index is 12.5. The molecule has 1 unspecified atom stereocenters. The zero-order valence-electron chi connectivity index (χ0n) is 16.5. The first kappa shape index (κ1) is 18.4. The highest BCUT2D eigenvalue weighted by Gasteiger charge is 2.51. The van der Waals surface area contributed by atoms with Crippen LogP contribution in [0, 0.1) is 0 Å². The van der Waals surface area contributed by atoms with Crippen LogP contribution in [0.1, 0.15) is 27.0 Å². The summed E-state index contributed by atoms with van der Waals surface area (Å²) in [6.07, 6.45) is 15.2. The predicted octanol–water partition coefficient (Wildman–Crippen LogP) is 3.85. The van der Waals surface area contributed by atoms with Gasteiger partial charge in [0, 0.05) is 29.6 Å². The molecule has 2 heterocycles. The first-order valence-corrected chi connectivity index (χ1v) is 9.76. The number of Topliss-reactive ketones (excluding diaryl/α,β-unsaturated/α-hetero) is 1. The van der Waals surface area contributed by atoms with E-state index in [-0.39, 0.29) is 5.78 Å². The Balaban J connectivity index is 1.33. The number of rotatable bonds is 5.